The van der Waals surface area contributed by atoms with Crippen molar-refractivity contribution in [1.82, 2.24) is 48.9 Å². The predicted molar refractivity (Wildman–Crippen MR) is 494 cm³/mol. The second-order valence-electron chi connectivity index (χ2n) is 35.0. The highest BCUT2D eigenvalue weighted by Crippen LogP contribution is 2.64. The van der Waals surface area contributed by atoms with Crippen LogP contribution in [0.1, 0.15) is 125 Å². The fourth-order valence-electron chi connectivity index (χ4n) is 19.4. The Bertz CT molecular complexity index is 7210. The third-order valence-corrected chi connectivity index (χ3v) is 25.9. The number of alkyl halides is 15. The second kappa shape index (κ2) is 38.6. The molecule has 10 aromatic carbocycles. The van der Waals surface area contributed by atoms with E-state index in [1.54, 1.807) is 123 Å². The number of aliphatic hydroxyl groups is 8. The number of carboxylic acids is 1. The largest absolute Gasteiger partial charge is 0.481 e. The van der Waals surface area contributed by atoms with Crippen molar-refractivity contribution in [3.05, 3.63) is 328 Å². The van der Waals surface area contributed by atoms with Gasteiger partial charge in [-0.3, -0.25) is 28.2 Å². The Hall–Kier alpha value is -14.1. The molecule has 15 aromatic rings. The molecule has 9 N–H and O–H groups in total. The summed E-state index contributed by atoms with van der Waals surface area (Å²) >= 11 is 0. The summed E-state index contributed by atoms with van der Waals surface area (Å²) in [5.74, 6) is -2.66. The highest BCUT2D eigenvalue weighted by Gasteiger charge is 2.66. The van der Waals surface area contributed by atoms with E-state index in [4.69, 9.17) is 15.3 Å². The molecular weight excluding hydrogens is 1900 g/mol. The molecule has 21 nitrogen and oxygen atoms in total. The molecule has 0 saturated heterocycles. The van der Waals surface area contributed by atoms with E-state index in [1.165, 1.54) is 141 Å². The number of hydrogen-bond acceptors (Lipinski definition) is 15. The molecule has 38 heteroatoms. The molecule has 5 aliphatic carbocycles. The quantitative estimate of drug-likeness (QED) is 0.0340. The van der Waals surface area contributed by atoms with Crippen LogP contribution in [0.4, 0.5) is 74.6 Å². The molecule has 0 amide bonds. The molecule has 0 fully saturated rings. The van der Waals surface area contributed by atoms with Gasteiger partial charge in [0.05, 0.1) is 82.9 Å². The molecule has 143 heavy (non-hydrogen) atoms. The summed E-state index contributed by atoms with van der Waals surface area (Å²) in [5.41, 5.74) is -9.41. The molecule has 0 spiro atoms. The van der Waals surface area contributed by atoms with E-state index >= 15 is 0 Å². The first-order valence-corrected chi connectivity index (χ1v) is 44.3. The fourth-order valence-corrected chi connectivity index (χ4v) is 19.4. The number of halogens is 17. The smallest absolute Gasteiger partial charge is 0.425 e. The zero-order valence-electron chi connectivity index (χ0n) is 75.7. The van der Waals surface area contributed by atoms with E-state index in [-0.39, 0.29) is 143 Å². The van der Waals surface area contributed by atoms with Gasteiger partial charge in [-0.05, 0) is 148 Å². The van der Waals surface area contributed by atoms with Gasteiger partial charge in [0.1, 0.15) is 17.4 Å². The molecule has 0 radical (unpaired) electrons. The van der Waals surface area contributed by atoms with Crippen LogP contribution in [-0.4, -0.2) is 157 Å². The zero-order chi connectivity index (χ0) is 102. The molecule has 5 aromatic heterocycles. The minimum Gasteiger partial charge on any atom is -0.481 e. The summed E-state index contributed by atoms with van der Waals surface area (Å²) in [6.07, 6.45) is -7.55. The van der Waals surface area contributed by atoms with Gasteiger partial charge in [0.15, 0.2) is 0 Å². The number of ketones is 1. The Kier molecular flexibility index (Phi) is 27.9. The first-order chi connectivity index (χ1) is 67.0. The minimum absolute atomic E-state index is 0. The molecule has 0 aliphatic heterocycles. The van der Waals surface area contributed by atoms with Gasteiger partial charge < -0.3 is 50.8 Å². The molecular formula is C105H91F17N10O11. The highest BCUT2D eigenvalue weighted by atomic mass is 19.4. The fraction of sp³-hybridized carbons (Fsp3) is 0.267. The monoisotopic (exact) mass is 1990 g/mol. The van der Waals surface area contributed by atoms with Crippen molar-refractivity contribution in [2.45, 2.75) is 159 Å². The van der Waals surface area contributed by atoms with Gasteiger partial charge in [-0.2, -0.15) is 91.3 Å². The van der Waals surface area contributed by atoms with Gasteiger partial charge in [0, 0.05) is 127 Å². The topological polar surface area (TPSA) is 305 Å². The number of aryl methyl sites for hydroxylation is 5. The van der Waals surface area contributed by atoms with Gasteiger partial charge in [-0.25, -0.2) is 8.78 Å². The maximum Gasteiger partial charge on any atom is 0.425 e. The third-order valence-electron chi connectivity index (χ3n) is 25.9. The van der Waals surface area contributed by atoms with E-state index in [1.807, 2.05) is 13.0 Å². The van der Waals surface area contributed by atoms with Crippen LogP contribution in [0.25, 0.3) is 111 Å². The van der Waals surface area contributed by atoms with E-state index in [2.05, 4.69) is 25.5 Å². The third kappa shape index (κ3) is 18.0. The number of Topliss-reactive ketones (excluding diaryl/α,β-unsaturated/α-hetero) is 1. The maximum atomic E-state index is 14.4. The maximum absolute atomic E-state index is 14.4. The lowest BCUT2D eigenvalue weighted by Crippen LogP contribution is -2.41. The summed E-state index contributed by atoms with van der Waals surface area (Å²) in [4.78, 5) is 21.9. The lowest BCUT2D eigenvalue weighted by atomic mass is 9.88. The highest BCUT2D eigenvalue weighted by molar-refractivity contribution is 5.98. The normalized spacial score (nSPS) is 18.2. The molecule has 6 atom stereocenters. The average Bonchev–Trinajstić information content (AvgIpc) is 1.57. The van der Waals surface area contributed by atoms with Crippen LogP contribution in [0.3, 0.4) is 0 Å². The van der Waals surface area contributed by atoms with E-state index in [0.29, 0.717) is 120 Å². The molecule has 0 bridgehead atoms. The van der Waals surface area contributed by atoms with Gasteiger partial charge in [0.2, 0.25) is 28.0 Å². The average molecular weight is 1990 g/mol. The van der Waals surface area contributed by atoms with Gasteiger partial charge >= 0.3 is 36.9 Å². The van der Waals surface area contributed by atoms with E-state index < -0.39 is 87.6 Å². The molecule has 5 heterocycles. The standard InChI is InChI=1S/C23H21F3N2O2.C21H18F4N2O2.C21H17F3N2O3.C20H17F3N2O2.C19H14F4N2O2.CH4/c1-14-10-18(16-12-27-28(13-16)9-5-6-15(2)29)21-17-7-3-4-8-19(17)22(30,20(21)11-14)23(24,25)26;1-2-14(11-28)27-10-12(9-26-27)16-7-13(22)8-18-19(16)15-5-3-4-6-17(15)20(18,29)21(23,24)25;1-12-8-15(13-10-25-26(11-13)7-6-18(27)28)19-14-4-2-3-5-16(14)20(29,17(19)9-12)21(22,23)24;1-12-8-15(13-10-24-25(11-13)6-7-26)18-14-4-2-3-5-16(14)19(27,17(18)9-12)20(21,22)23;20-12-7-14(11-9-24-25(10-11)5-6-26)17-13-3-1-2-4-15(13)18(27,16(17)8-12)19(21,22)23;/h3-4,7-8,10-13,30H,5-6,9H2,1-2H3;3-10,14,28-29H,2,11H2,1H3;2-5,8-11,29H,6-7H2,1H3,(H,27,28);2-5,8-11,26-27H,6-7H2,1H3;1-4,7-10,26-27H,5-6H2;1H4/t22-;14?,20-;20-;19-;18-;/m11111./s1. The SMILES string of the molecule is C.CC(=O)CCCn1cc(-c2cc(C)cc3c2-c2ccccc2[C@]3(O)C(F)(F)F)cn1.CCC(CO)n1cc(-c2cc(F)cc3c2-c2ccccc2[C@]3(O)C(F)(F)F)cn1.Cc1cc(-c2cnn(CCC(=O)O)c2)c2c(c1)[C@@](O)(C(F)(F)F)c1ccccc1-2.Cc1cc(-c2cnn(CCO)c2)c2c(c1)[C@@](O)(C(F)(F)F)c1ccccc1-2.OCCn1cc(-c2cc(F)cc3c2-c2ccccc2[C@]3(O)C(F)(F)F)cn1. The second-order valence-corrected chi connectivity index (χ2v) is 35.0. The minimum atomic E-state index is -5.03. The van der Waals surface area contributed by atoms with Crippen LogP contribution in [-0.2, 0) is 63.8 Å². The summed E-state index contributed by atoms with van der Waals surface area (Å²) in [7, 11) is 0. The van der Waals surface area contributed by atoms with Gasteiger partial charge in [0.25, 0.3) is 0 Å². The number of aliphatic carboxylic acids is 1. The van der Waals surface area contributed by atoms with Crippen LogP contribution >= 0.6 is 0 Å². The van der Waals surface area contributed by atoms with Crippen LogP contribution in [0, 0.1) is 32.4 Å². The number of aliphatic hydroxyl groups excluding tert-OH is 3. The number of carbonyl (C=O) groups excluding carboxylic acids is 1. The lowest BCUT2D eigenvalue weighted by Gasteiger charge is -2.28. The first-order valence-electron chi connectivity index (χ1n) is 44.3. The summed E-state index contributed by atoms with van der Waals surface area (Å²) in [6, 6.07) is 42.3. The summed E-state index contributed by atoms with van der Waals surface area (Å²) in [5, 5.41) is 111. The Morgan fingerprint density at radius 2 is 0.587 bits per heavy atom. The van der Waals surface area contributed by atoms with E-state index in [0.717, 1.165) is 24.3 Å². The molecule has 746 valence electrons. The van der Waals surface area contributed by atoms with Crippen molar-refractivity contribution in [2.75, 3.05) is 19.8 Å². The van der Waals surface area contributed by atoms with Crippen molar-refractivity contribution in [3.8, 4) is 111 Å². The number of rotatable bonds is 19. The molecule has 5 aliphatic rings. The number of aromatic nitrogens is 10. The predicted octanol–water partition coefficient (Wildman–Crippen LogP) is 21.3. The number of carboxylic acid groups (broad SMARTS) is 1. The number of benzene rings is 10. The number of carbonyl (C=O) groups is 2. The van der Waals surface area contributed by atoms with Crippen molar-refractivity contribution >= 4 is 11.8 Å². The Labute approximate surface area is 805 Å². The van der Waals surface area contributed by atoms with Gasteiger partial charge in [-0.15, -0.1) is 0 Å². The number of fused-ring (bicyclic) bond motifs is 15. The van der Waals surface area contributed by atoms with Gasteiger partial charge in [-0.1, -0.05) is 189 Å². The lowest BCUT2D eigenvalue weighted by molar-refractivity contribution is -0.247. The van der Waals surface area contributed by atoms with Crippen molar-refractivity contribution in [2.24, 2.45) is 0 Å². The Morgan fingerprint density at radius 1 is 0.336 bits per heavy atom. The van der Waals surface area contributed by atoms with Crippen LogP contribution < -0.4 is 0 Å². The number of hydrogen-bond donors (Lipinski definition) is 9. The van der Waals surface area contributed by atoms with Crippen molar-refractivity contribution in [3.63, 3.8) is 0 Å². The van der Waals surface area contributed by atoms with Crippen molar-refractivity contribution in [1.29, 1.82) is 0 Å². The Morgan fingerprint density at radius 3 is 0.846 bits per heavy atom. The summed E-state index contributed by atoms with van der Waals surface area (Å²) < 4.78 is 246. The Balaban J connectivity index is 0.000000134. The van der Waals surface area contributed by atoms with Crippen LogP contribution in [0.2, 0.25) is 0 Å². The van der Waals surface area contributed by atoms with E-state index in [9.17, 15) is 115 Å². The number of nitrogens with zero attached hydrogens (tertiary/aromatic N) is 10. The molecule has 1 unspecified atom stereocenters. The molecule has 20 rings (SSSR count). The van der Waals surface area contributed by atoms with Crippen LogP contribution in [0.15, 0.2) is 244 Å². The molecule has 0 saturated carbocycles. The van der Waals surface area contributed by atoms with Crippen LogP contribution in [0.5, 0.6) is 0 Å². The first kappa shape index (κ1) is 103. The summed E-state index contributed by atoms with van der Waals surface area (Å²) in [6.45, 7) is 9.21. The van der Waals surface area contributed by atoms with Crippen molar-refractivity contribution < 1.29 is 130 Å². The zero-order valence-corrected chi connectivity index (χ0v) is 75.7.